The van der Waals surface area contributed by atoms with Crippen molar-refractivity contribution in [3.63, 3.8) is 0 Å². The lowest BCUT2D eigenvalue weighted by Crippen LogP contribution is -2.00. The summed E-state index contributed by atoms with van der Waals surface area (Å²) in [5.74, 6) is 0. The molecule has 0 saturated heterocycles. The second-order valence-electron chi connectivity index (χ2n) is 4.10. The highest BCUT2D eigenvalue weighted by molar-refractivity contribution is 5.75. The van der Waals surface area contributed by atoms with E-state index in [1.165, 1.54) is 17.5 Å². The molecule has 0 amide bonds. The summed E-state index contributed by atoms with van der Waals surface area (Å²) in [7, 11) is 0. The van der Waals surface area contributed by atoms with Crippen LogP contribution in [0.15, 0.2) is 18.7 Å². The summed E-state index contributed by atoms with van der Waals surface area (Å²) >= 11 is 0. The van der Waals surface area contributed by atoms with E-state index in [9.17, 15) is 0 Å². The fraction of sp³-hybridized carbons (Fsp3) is 0.429. The molecule has 1 heteroatoms. The Hall–Kier alpha value is -1.24. The lowest BCUT2D eigenvalue weighted by molar-refractivity contribution is 0.917. The molecule has 0 saturated carbocycles. The molecular weight excluding hydrogens is 182 g/mol. The maximum atomic E-state index is 6.10. The van der Waals surface area contributed by atoms with Gasteiger partial charge in [-0.2, -0.15) is 0 Å². The first kappa shape index (κ1) is 11.8. The summed E-state index contributed by atoms with van der Waals surface area (Å²) in [5.41, 5.74) is 11.8. The van der Waals surface area contributed by atoms with E-state index in [-0.39, 0.29) is 0 Å². The van der Waals surface area contributed by atoms with Gasteiger partial charge in [0.2, 0.25) is 0 Å². The van der Waals surface area contributed by atoms with Crippen LogP contribution < -0.4 is 5.73 Å². The third-order valence-electron chi connectivity index (χ3n) is 2.70. The van der Waals surface area contributed by atoms with Gasteiger partial charge in [-0.05, 0) is 42.5 Å². The minimum absolute atomic E-state index is 0.907. The number of hydrogen-bond acceptors (Lipinski definition) is 1. The first-order valence-corrected chi connectivity index (χ1v) is 5.67. The largest absolute Gasteiger partial charge is 0.398 e. The molecule has 15 heavy (non-hydrogen) atoms. The van der Waals surface area contributed by atoms with E-state index in [0.29, 0.717) is 0 Å². The Bertz CT molecular complexity index is 364. The molecule has 0 unspecified atom stereocenters. The highest BCUT2D eigenvalue weighted by Crippen LogP contribution is 2.26. The van der Waals surface area contributed by atoms with Gasteiger partial charge in [0.15, 0.2) is 0 Å². The maximum Gasteiger partial charge on any atom is 0.0422 e. The van der Waals surface area contributed by atoms with E-state index in [1.54, 1.807) is 0 Å². The van der Waals surface area contributed by atoms with Crippen molar-refractivity contribution in [2.24, 2.45) is 0 Å². The van der Waals surface area contributed by atoms with Gasteiger partial charge in [-0.1, -0.05) is 32.9 Å². The third kappa shape index (κ3) is 2.62. The normalized spacial score (nSPS) is 10.3. The van der Waals surface area contributed by atoms with Crippen molar-refractivity contribution >= 4 is 11.3 Å². The Morgan fingerprint density at radius 2 is 2.00 bits per heavy atom. The van der Waals surface area contributed by atoms with Crippen LogP contribution in [0, 0.1) is 0 Å². The van der Waals surface area contributed by atoms with Crippen molar-refractivity contribution in [3.05, 3.63) is 35.4 Å². The van der Waals surface area contributed by atoms with E-state index < -0.39 is 0 Å². The zero-order valence-corrected chi connectivity index (χ0v) is 10.1. The first-order valence-electron chi connectivity index (χ1n) is 5.67. The third-order valence-corrected chi connectivity index (χ3v) is 2.70. The Kier molecular flexibility index (Phi) is 3.96. The number of benzene rings is 1. The SMILES string of the molecule is C=C(C)c1cc(CCC)cc(CC)c1N. The van der Waals surface area contributed by atoms with Crippen LogP contribution in [0.3, 0.4) is 0 Å². The molecule has 0 aliphatic heterocycles. The minimum atomic E-state index is 0.907. The Morgan fingerprint density at radius 1 is 1.33 bits per heavy atom. The fourth-order valence-corrected chi connectivity index (χ4v) is 1.86. The molecule has 0 aliphatic rings. The van der Waals surface area contributed by atoms with Gasteiger partial charge in [0.1, 0.15) is 0 Å². The van der Waals surface area contributed by atoms with Crippen LogP contribution in [0.5, 0.6) is 0 Å². The summed E-state index contributed by atoms with van der Waals surface area (Å²) in [6.07, 6.45) is 3.28. The summed E-state index contributed by atoms with van der Waals surface area (Å²) in [5, 5.41) is 0. The van der Waals surface area contributed by atoms with Crippen molar-refractivity contribution in [2.45, 2.75) is 40.0 Å². The number of nitrogens with two attached hydrogens (primary N) is 1. The van der Waals surface area contributed by atoms with Crippen LogP contribution in [-0.4, -0.2) is 0 Å². The van der Waals surface area contributed by atoms with Crippen molar-refractivity contribution in [3.8, 4) is 0 Å². The van der Waals surface area contributed by atoms with Crippen LogP contribution in [0.25, 0.3) is 5.57 Å². The molecule has 1 aromatic carbocycles. The Balaban J connectivity index is 3.25. The van der Waals surface area contributed by atoms with E-state index in [4.69, 9.17) is 5.73 Å². The predicted octanol–water partition coefficient (Wildman–Crippen LogP) is 3.82. The molecule has 0 fully saturated rings. The number of allylic oxidation sites excluding steroid dienone is 1. The van der Waals surface area contributed by atoms with Crippen molar-refractivity contribution in [1.82, 2.24) is 0 Å². The van der Waals surface area contributed by atoms with E-state index in [2.05, 4.69) is 32.6 Å². The average Bonchev–Trinajstić information content (AvgIpc) is 2.20. The molecule has 0 spiro atoms. The Morgan fingerprint density at radius 3 is 2.47 bits per heavy atom. The first-order chi connectivity index (χ1) is 7.10. The van der Waals surface area contributed by atoms with Crippen molar-refractivity contribution in [2.75, 3.05) is 5.73 Å². The topological polar surface area (TPSA) is 26.0 Å². The lowest BCUT2D eigenvalue weighted by atomic mass is 9.96. The fourth-order valence-electron chi connectivity index (χ4n) is 1.86. The molecule has 0 atom stereocenters. The highest BCUT2D eigenvalue weighted by Gasteiger charge is 2.07. The van der Waals surface area contributed by atoms with Gasteiger partial charge in [-0.25, -0.2) is 0 Å². The second kappa shape index (κ2) is 5.01. The number of aryl methyl sites for hydroxylation is 2. The molecule has 0 heterocycles. The molecule has 1 nitrogen and oxygen atoms in total. The number of hydrogen-bond donors (Lipinski definition) is 1. The monoisotopic (exact) mass is 203 g/mol. The van der Waals surface area contributed by atoms with E-state index in [1.807, 2.05) is 6.92 Å². The molecule has 2 N–H and O–H groups in total. The summed E-state index contributed by atoms with van der Waals surface area (Å²) < 4.78 is 0. The van der Waals surface area contributed by atoms with Crippen LogP contribution in [0.4, 0.5) is 5.69 Å². The smallest absolute Gasteiger partial charge is 0.0422 e. The van der Waals surface area contributed by atoms with Crippen LogP contribution in [0.2, 0.25) is 0 Å². The molecule has 0 aromatic heterocycles. The van der Waals surface area contributed by atoms with Gasteiger partial charge in [0, 0.05) is 11.3 Å². The minimum Gasteiger partial charge on any atom is -0.398 e. The lowest BCUT2D eigenvalue weighted by Gasteiger charge is -2.13. The summed E-state index contributed by atoms with van der Waals surface area (Å²) in [6.45, 7) is 10.3. The predicted molar refractivity (Wildman–Crippen MR) is 68.9 cm³/mol. The molecule has 0 bridgehead atoms. The van der Waals surface area contributed by atoms with Gasteiger partial charge in [-0.15, -0.1) is 0 Å². The molecule has 0 radical (unpaired) electrons. The second-order valence-corrected chi connectivity index (χ2v) is 4.10. The molecule has 1 aromatic rings. The maximum absolute atomic E-state index is 6.10. The van der Waals surface area contributed by atoms with E-state index >= 15 is 0 Å². The van der Waals surface area contributed by atoms with Crippen LogP contribution >= 0.6 is 0 Å². The average molecular weight is 203 g/mol. The molecule has 82 valence electrons. The standard InChI is InChI=1S/C14H21N/c1-5-7-11-8-12(6-2)14(15)13(9-11)10(3)4/h8-9H,3,5-7,15H2,1-2,4H3. The molecular formula is C14H21N. The van der Waals surface area contributed by atoms with Gasteiger partial charge in [0.25, 0.3) is 0 Å². The summed E-state index contributed by atoms with van der Waals surface area (Å²) in [6, 6.07) is 4.41. The summed E-state index contributed by atoms with van der Waals surface area (Å²) in [4.78, 5) is 0. The van der Waals surface area contributed by atoms with Gasteiger partial charge < -0.3 is 5.73 Å². The van der Waals surface area contributed by atoms with Gasteiger partial charge >= 0.3 is 0 Å². The zero-order valence-electron chi connectivity index (χ0n) is 10.1. The van der Waals surface area contributed by atoms with Gasteiger partial charge in [-0.3, -0.25) is 0 Å². The Labute approximate surface area is 93.0 Å². The van der Waals surface area contributed by atoms with E-state index in [0.717, 1.165) is 29.7 Å². The van der Waals surface area contributed by atoms with Gasteiger partial charge in [0.05, 0.1) is 0 Å². The highest BCUT2D eigenvalue weighted by atomic mass is 14.6. The number of rotatable bonds is 4. The zero-order chi connectivity index (χ0) is 11.4. The van der Waals surface area contributed by atoms with Crippen molar-refractivity contribution < 1.29 is 0 Å². The number of nitrogen functional groups attached to an aromatic ring is 1. The molecule has 0 aliphatic carbocycles. The molecule has 1 rings (SSSR count). The number of anilines is 1. The van der Waals surface area contributed by atoms with Crippen LogP contribution in [-0.2, 0) is 12.8 Å². The van der Waals surface area contributed by atoms with Crippen molar-refractivity contribution in [1.29, 1.82) is 0 Å². The van der Waals surface area contributed by atoms with Crippen LogP contribution in [0.1, 0.15) is 43.9 Å². The quantitative estimate of drug-likeness (QED) is 0.740.